The molecule has 0 aliphatic rings. The van der Waals surface area contributed by atoms with Crippen molar-refractivity contribution in [1.82, 2.24) is 0 Å². The third-order valence-corrected chi connectivity index (χ3v) is 3.55. The molecule has 0 aliphatic heterocycles. The second-order valence-electron chi connectivity index (χ2n) is 4.05. The molecule has 0 unspecified atom stereocenters. The molecule has 0 bridgehead atoms. The predicted octanol–water partition coefficient (Wildman–Crippen LogP) is 4.56. The Bertz CT molecular complexity index is 388. The third kappa shape index (κ3) is 2.99. The number of allylic oxidation sites excluding steroid dienone is 1. The smallest absolute Gasteiger partial charge is 0.0506 e. The van der Waals surface area contributed by atoms with Crippen molar-refractivity contribution in [3.63, 3.8) is 0 Å². The normalized spacial score (nSPS) is 12.6. The van der Waals surface area contributed by atoms with Gasteiger partial charge in [0.05, 0.1) is 5.70 Å². The predicted molar refractivity (Wildman–Crippen MR) is 76.2 cm³/mol. The van der Waals surface area contributed by atoms with Crippen molar-refractivity contribution in [3.8, 4) is 0 Å². The first-order valence-corrected chi connectivity index (χ1v) is 6.64. The monoisotopic (exact) mass is 233 g/mol. The van der Waals surface area contributed by atoms with E-state index < -0.39 is 0 Å². The van der Waals surface area contributed by atoms with E-state index in [1.165, 1.54) is 16.0 Å². The van der Waals surface area contributed by atoms with Crippen molar-refractivity contribution in [3.05, 3.63) is 41.1 Å². The minimum atomic E-state index is 0.578. The maximum Gasteiger partial charge on any atom is 0.0506 e. The fraction of sp³-hybridized carbons (Fsp3) is 0.357. The van der Waals surface area contributed by atoms with Gasteiger partial charge >= 0.3 is 0 Å². The van der Waals surface area contributed by atoms with Crippen LogP contribution in [0.25, 0.3) is 4.91 Å². The van der Waals surface area contributed by atoms with E-state index in [4.69, 9.17) is 0 Å². The van der Waals surface area contributed by atoms with Gasteiger partial charge in [0, 0.05) is 4.91 Å². The van der Waals surface area contributed by atoms with Gasteiger partial charge in [0.25, 0.3) is 0 Å². The van der Waals surface area contributed by atoms with Crippen LogP contribution >= 0.6 is 11.8 Å². The van der Waals surface area contributed by atoms with Gasteiger partial charge in [-0.05, 0) is 36.9 Å². The van der Waals surface area contributed by atoms with E-state index in [2.05, 4.69) is 56.1 Å². The summed E-state index contributed by atoms with van der Waals surface area (Å²) in [5, 5.41) is 0. The van der Waals surface area contributed by atoms with Crippen LogP contribution in [0.3, 0.4) is 0 Å². The summed E-state index contributed by atoms with van der Waals surface area (Å²) in [5.41, 5.74) is 3.58. The van der Waals surface area contributed by atoms with Crippen molar-refractivity contribution in [2.24, 2.45) is 4.99 Å². The summed E-state index contributed by atoms with van der Waals surface area (Å²) in [6.45, 7) is 9.99. The van der Waals surface area contributed by atoms with Crippen molar-refractivity contribution in [2.45, 2.75) is 26.7 Å². The van der Waals surface area contributed by atoms with Crippen LogP contribution in [-0.4, -0.2) is 13.0 Å². The molecule has 86 valence electrons. The maximum absolute atomic E-state index is 4.00. The van der Waals surface area contributed by atoms with E-state index in [1.807, 2.05) is 6.92 Å². The lowest BCUT2D eigenvalue weighted by molar-refractivity contribution is 0.866. The highest BCUT2D eigenvalue weighted by Crippen LogP contribution is 2.30. The molecule has 0 radical (unpaired) electrons. The van der Waals surface area contributed by atoms with Gasteiger partial charge in [-0.2, -0.15) is 0 Å². The van der Waals surface area contributed by atoms with Gasteiger partial charge < -0.3 is 0 Å². The SMILES string of the molecule is C=N/C(C)=C(\SC)c1ccc(C(C)C)cc1. The molecule has 1 aromatic rings. The van der Waals surface area contributed by atoms with E-state index in [0.717, 1.165) is 5.70 Å². The average molecular weight is 233 g/mol. The largest absolute Gasteiger partial charge is 0.268 e. The Morgan fingerprint density at radius 3 is 2.19 bits per heavy atom. The summed E-state index contributed by atoms with van der Waals surface area (Å²) in [7, 11) is 0. The van der Waals surface area contributed by atoms with Crippen molar-refractivity contribution in [2.75, 3.05) is 6.26 Å². The number of rotatable bonds is 4. The summed E-state index contributed by atoms with van der Waals surface area (Å²) in [4.78, 5) is 5.20. The third-order valence-electron chi connectivity index (χ3n) is 2.61. The van der Waals surface area contributed by atoms with E-state index >= 15 is 0 Å². The highest BCUT2D eigenvalue weighted by molar-refractivity contribution is 8.07. The minimum Gasteiger partial charge on any atom is -0.268 e. The van der Waals surface area contributed by atoms with Crippen LogP contribution in [0.4, 0.5) is 0 Å². The summed E-state index contributed by atoms with van der Waals surface area (Å²) in [5.74, 6) is 0.578. The molecule has 0 spiro atoms. The summed E-state index contributed by atoms with van der Waals surface area (Å²) in [6, 6.07) is 8.70. The van der Waals surface area contributed by atoms with Crippen molar-refractivity contribution < 1.29 is 0 Å². The molecule has 2 heteroatoms. The fourth-order valence-corrected chi connectivity index (χ4v) is 2.30. The molecular formula is C14H19NS. The molecule has 0 atom stereocenters. The van der Waals surface area contributed by atoms with Crippen molar-refractivity contribution >= 4 is 23.4 Å². The zero-order chi connectivity index (χ0) is 12.1. The van der Waals surface area contributed by atoms with Crippen LogP contribution in [0.2, 0.25) is 0 Å². The molecule has 0 aliphatic carbocycles. The van der Waals surface area contributed by atoms with Gasteiger partial charge in [0.2, 0.25) is 0 Å². The highest BCUT2D eigenvalue weighted by Gasteiger charge is 2.05. The van der Waals surface area contributed by atoms with Gasteiger partial charge in [0.15, 0.2) is 0 Å². The lowest BCUT2D eigenvalue weighted by Crippen LogP contribution is -1.89. The molecule has 0 amide bonds. The van der Waals surface area contributed by atoms with E-state index in [1.54, 1.807) is 11.8 Å². The number of hydrogen-bond donors (Lipinski definition) is 0. The Morgan fingerprint density at radius 1 is 1.25 bits per heavy atom. The Balaban J connectivity index is 3.09. The topological polar surface area (TPSA) is 12.4 Å². The number of hydrogen-bond acceptors (Lipinski definition) is 2. The van der Waals surface area contributed by atoms with Crippen LogP contribution in [0, 0.1) is 0 Å². The molecule has 0 heterocycles. The Morgan fingerprint density at radius 2 is 1.81 bits per heavy atom. The zero-order valence-electron chi connectivity index (χ0n) is 10.4. The molecule has 16 heavy (non-hydrogen) atoms. The number of nitrogens with zero attached hydrogens (tertiary/aromatic N) is 1. The first kappa shape index (κ1) is 13.0. The summed E-state index contributed by atoms with van der Waals surface area (Å²) in [6.07, 6.45) is 2.07. The van der Waals surface area contributed by atoms with Crippen LogP contribution in [0.15, 0.2) is 35.0 Å². The molecule has 0 fully saturated rings. The van der Waals surface area contributed by atoms with E-state index in [9.17, 15) is 0 Å². The van der Waals surface area contributed by atoms with Crippen LogP contribution in [-0.2, 0) is 0 Å². The molecular weight excluding hydrogens is 214 g/mol. The molecule has 1 aromatic carbocycles. The molecule has 0 saturated carbocycles. The number of benzene rings is 1. The van der Waals surface area contributed by atoms with Crippen molar-refractivity contribution in [1.29, 1.82) is 0 Å². The van der Waals surface area contributed by atoms with Crippen LogP contribution in [0.5, 0.6) is 0 Å². The van der Waals surface area contributed by atoms with E-state index in [-0.39, 0.29) is 0 Å². The minimum absolute atomic E-state index is 0.578. The van der Waals surface area contributed by atoms with Crippen LogP contribution < -0.4 is 0 Å². The first-order valence-electron chi connectivity index (χ1n) is 5.42. The number of aliphatic imine (C=N–C) groups is 1. The second-order valence-corrected chi connectivity index (χ2v) is 4.87. The average Bonchev–Trinajstić information content (AvgIpc) is 2.30. The molecule has 1 rings (SSSR count). The van der Waals surface area contributed by atoms with Crippen LogP contribution in [0.1, 0.15) is 37.8 Å². The maximum atomic E-state index is 4.00. The zero-order valence-corrected chi connectivity index (χ0v) is 11.3. The molecule has 0 saturated heterocycles. The van der Waals surface area contributed by atoms with Gasteiger partial charge in [0.1, 0.15) is 0 Å². The molecule has 0 N–H and O–H groups in total. The lowest BCUT2D eigenvalue weighted by Gasteiger charge is -2.09. The van der Waals surface area contributed by atoms with E-state index in [0.29, 0.717) is 5.92 Å². The molecule has 0 aromatic heterocycles. The first-order chi connectivity index (χ1) is 7.60. The molecule has 1 nitrogen and oxygen atoms in total. The highest BCUT2D eigenvalue weighted by atomic mass is 32.2. The summed E-state index contributed by atoms with van der Waals surface area (Å²) >= 11 is 1.72. The van der Waals surface area contributed by atoms with Gasteiger partial charge in [-0.3, -0.25) is 4.99 Å². The quantitative estimate of drug-likeness (QED) is 0.694. The fourth-order valence-electron chi connectivity index (χ4n) is 1.57. The standard InChI is InChI=1S/C14H19NS/c1-10(2)12-6-8-13(9-7-12)14(16-5)11(3)15-4/h6-10H,4H2,1-3,5H3/b14-11-. The Hall–Kier alpha value is -1.02. The second kappa shape index (κ2) is 5.90. The van der Waals surface area contributed by atoms with Gasteiger partial charge in [-0.25, -0.2) is 0 Å². The Kier molecular flexibility index (Phi) is 4.81. The Labute approximate surface area is 103 Å². The summed E-state index contributed by atoms with van der Waals surface area (Å²) < 4.78 is 0. The lowest BCUT2D eigenvalue weighted by atomic mass is 10.0. The van der Waals surface area contributed by atoms with Gasteiger partial charge in [-0.1, -0.05) is 38.1 Å². The van der Waals surface area contributed by atoms with Gasteiger partial charge in [-0.15, -0.1) is 11.8 Å². The number of thioether (sulfide) groups is 1.